The van der Waals surface area contributed by atoms with Crippen molar-refractivity contribution >= 4 is 28.9 Å². The van der Waals surface area contributed by atoms with Crippen LogP contribution in [-0.4, -0.2) is 35.9 Å². The summed E-state index contributed by atoms with van der Waals surface area (Å²) in [7, 11) is 0. The van der Waals surface area contributed by atoms with Gasteiger partial charge in [0.25, 0.3) is 5.91 Å². The second-order valence-corrected chi connectivity index (χ2v) is 9.91. The molecule has 1 N–H and O–H groups in total. The quantitative estimate of drug-likeness (QED) is 0.319. The fourth-order valence-corrected chi connectivity index (χ4v) is 4.88. The fourth-order valence-electron chi connectivity index (χ4n) is 3.95. The second-order valence-electron chi connectivity index (χ2n) is 8.74. The van der Waals surface area contributed by atoms with Crippen molar-refractivity contribution in [3.8, 4) is 0 Å². The molecule has 6 nitrogen and oxygen atoms in total. The highest BCUT2D eigenvalue weighted by Gasteiger charge is 2.32. The molecule has 1 fully saturated rings. The molecule has 1 saturated heterocycles. The lowest BCUT2D eigenvalue weighted by atomic mass is 10.0. The third kappa shape index (κ3) is 7.13. The van der Waals surface area contributed by atoms with Gasteiger partial charge in [0.05, 0.1) is 12.2 Å². The SMILES string of the molecule is CCCCCC(O)c1ccc(N2C(=O)COC2CCCc2ccc(C(=O)OC(C)C)s2)cc1. The number of carbonyl (C=O) groups excluding carboxylic acids is 2. The highest BCUT2D eigenvalue weighted by atomic mass is 32.1. The van der Waals surface area contributed by atoms with Gasteiger partial charge in [0.2, 0.25) is 0 Å². The summed E-state index contributed by atoms with van der Waals surface area (Å²) in [4.78, 5) is 28.0. The summed E-state index contributed by atoms with van der Waals surface area (Å²) >= 11 is 1.45. The van der Waals surface area contributed by atoms with E-state index in [1.54, 1.807) is 4.90 Å². The zero-order chi connectivity index (χ0) is 23.8. The van der Waals surface area contributed by atoms with Crippen molar-refractivity contribution < 1.29 is 24.2 Å². The van der Waals surface area contributed by atoms with Gasteiger partial charge in [-0.15, -0.1) is 11.3 Å². The van der Waals surface area contributed by atoms with Crippen LogP contribution in [0.2, 0.25) is 0 Å². The number of aliphatic hydroxyl groups excluding tert-OH is 1. The zero-order valence-corrected chi connectivity index (χ0v) is 20.6. The Hall–Kier alpha value is -2.22. The Morgan fingerprint density at radius 3 is 2.64 bits per heavy atom. The Labute approximate surface area is 200 Å². The van der Waals surface area contributed by atoms with Gasteiger partial charge in [-0.05, 0) is 69.4 Å². The average Bonchev–Trinajstić information content (AvgIpc) is 3.40. The van der Waals surface area contributed by atoms with E-state index in [1.165, 1.54) is 11.3 Å². The predicted molar refractivity (Wildman–Crippen MR) is 131 cm³/mol. The summed E-state index contributed by atoms with van der Waals surface area (Å²) < 4.78 is 11.0. The fraction of sp³-hybridized carbons (Fsp3) is 0.538. The van der Waals surface area contributed by atoms with Gasteiger partial charge in [-0.25, -0.2) is 4.79 Å². The molecule has 1 amide bonds. The number of ether oxygens (including phenoxy) is 2. The van der Waals surface area contributed by atoms with Gasteiger partial charge in [-0.3, -0.25) is 9.69 Å². The van der Waals surface area contributed by atoms with E-state index in [4.69, 9.17) is 9.47 Å². The molecule has 7 heteroatoms. The number of hydrogen-bond donors (Lipinski definition) is 1. The molecule has 2 unspecified atom stereocenters. The minimum atomic E-state index is -0.472. The molecule has 0 saturated carbocycles. The standard InChI is InChI=1S/C26H35NO5S/c1-4-5-6-9-22(28)19-11-13-20(14-12-19)27-24(29)17-31-25(27)10-7-8-21-15-16-23(33-21)26(30)32-18(2)3/h11-16,18,22,25,28H,4-10,17H2,1-3H3. The summed E-state index contributed by atoms with van der Waals surface area (Å²) in [6, 6.07) is 11.4. The number of thiophene rings is 1. The van der Waals surface area contributed by atoms with E-state index < -0.39 is 6.10 Å². The normalized spacial score (nSPS) is 17.1. The van der Waals surface area contributed by atoms with Crippen LogP contribution in [0.25, 0.3) is 0 Å². The molecule has 0 spiro atoms. The molecule has 3 rings (SSSR count). The first-order valence-electron chi connectivity index (χ1n) is 11.9. The minimum absolute atomic E-state index is 0.0499. The predicted octanol–water partition coefficient (Wildman–Crippen LogP) is 5.64. The van der Waals surface area contributed by atoms with Gasteiger partial charge in [0, 0.05) is 10.6 Å². The summed E-state index contributed by atoms with van der Waals surface area (Å²) in [6.45, 7) is 5.90. The van der Waals surface area contributed by atoms with Crippen molar-refractivity contribution in [2.45, 2.75) is 84.2 Å². The van der Waals surface area contributed by atoms with Gasteiger partial charge in [-0.1, -0.05) is 38.3 Å². The third-order valence-corrected chi connectivity index (χ3v) is 6.80. The number of benzene rings is 1. The van der Waals surface area contributed by atoms with Crippen molar-refractivity contribution in [2.75, 3.05) is 11.5 Å². The highest BCUT2D eigenvalue weighted by molar-refractivity contribution is 7.13. The first-order chi connectivity index (χ1) is 15.9. The number of aryl methyl sites for hydroxylation is 1. The van der Waals surface area contributed by atoms with Crippen molar-refractivity contribution in [3.63, 3.8) is 0 Å². The van der Waals surface area contributed by atoms with E-state index in [2.05, 4.69) is 6.92 Å². The van der Waals surface area contributed by atoms with Crippen molar-refractivity contribution in [1.29, 1.82) is 0 Å². The number of unbranched alkanes of at least 4 members (excludes halogenated alkanes) is 2. The second kappa shape index (κ2) is 12.3. The molecule has 0 radical (unpaired) electrons. The Morgan fingerprint density at radius 2 is 1.94 bits per heavy atom. The van der Waals surface area contributed by atoms with Gasteiger partial charge in [0.15, 0.2) is 0 Å². The molecule has 1 aliphatic heterocycles. The molecule has 1 aromatic carbocycles. The van der Waals surface area contributed by atoms with Crippen molar-refractivity contribution in [1.82, 2.24) is 0 Å². The van der Waals surface area contributed by atoms with Gasteiger partial charge < -0.3 is 14.6 Å². The molecule has 1 aliphatic rings. The maximum atomic E-state index is 12.5. The lowest BCUT2D eigenvalue weighted by Gasteiger charge is -2.23. The molecular weight excluding hydrogens is 438 g/mol. The number of anilines is 1. The Bertz CT molecular complexity index is 908. The number of carbonyl (C=O) groups is 2. The number of amides is 1. The summed E-state index contributed by atoms with van der Waals surface area (Å²) in [5.74, 6) is -0.331. The number of esters is 1. The molecule has 33 heavy (non-hydrogen) atoms. The highest BCUT2D eigenvalue weighted by Crippen LogP contribution is 2.29. The van der Waals surface area contributed by atoms with E-state index in [0.717, 1.165) is 54.7 Å². The molecule has 2 heterocycles. The Balaban J connectivity index is 1.54. The maximum absolute atomic E-state index is 12.5. The minimum Gasteiger partial charge on any atom is -0.459 e. The van der Waals surface area contributed by atoms with Crippen molar-refractivity contribution in [2.24, 2.45) is 0 Å². The molecule has 0 aliphatic carbocycles. The number of hydrogen-bond acceptors (Lipinski definition) is 6. The van der Waals surface area contributed by atoms with E-state index >= 15 is 0 Å². The average molecular weight is 474 g/mol. The summed E-state index contributed by atoms with van der Waals surface area (Å²) in [5.41, 5.74) is 1.67. The molecule has 0 bridgehead atoms. The molecule has 2 atom stereocenters. The molecule has 2 aromatic rings. The van der Waals surface area contributed by atoms with E-state index in [9.17, 15) is 14.7 Å². The van der Waals surface area contributed by atoms with Crippen LogP contribution in [0.3, 0.4) is 0 Å². The van der Waals surface area contributed by atoms with Gasteiger partial charge in [-0.2, -0.15) is 0 Å². The van der Waals surface area contributed by atoms with Crippen LogP contribution in [-0.2, 0) is 20.7 Å². The largest absolute Gasteiger partial charge is 0.459 e. The first-order valence-corrected chi connectivity index (χ1v) is 12.7. The number of nitrogens with zero attached hydrogens (tertiary/aromatic N) is 1. The summed E-state index contributed by atoms with van der Waals surface area (Å²) in [5, 5.41) is 10.4. The number of rotatable bonds is 12. The molecule has 1 aromatic heterocycles. The van der Waals surface area contributed by atoms with Gasteiger partial charge in [0.1, 0.15) is 17.7 Å². The lowest BCUT2D eigenvalue weighted by molar-refractivity contribution is -0.117. The molecular formula is C26H35NO5S. The Kier molecular flexibility index (Phi) is 9.47. The van der Waals surface area contributed by atoms with Gasteiger partial charge >= 0.3 is 5.97 Å². The van der Waals surface area contributed by atoms with Crippen molar-refractivity contribution in [3.05, 3.63) is 51.7 Å². The first kappa shape index (κ1) is 25.4. The van der Waals surface area contributed by atoms with Crippen LogP contribution in [0.15, 0.2) is 36.4 Å². The zero-order valence-electron chi connectivity index (χ0n) is 19.8. The smallest absolute Gasteiger partial charge is 0.348 e. The van der Waals surface area contributed by atoms with E-state index in [0.29, 0.717) is 11.3 Å². The van der Waals surface area contributed by atoms with E-state index in [1.807, 2.05) is 50.2 Å². The van der Waals surface area contributed by atoms with Crippen LogP contribution < -0.4 is 4.90 Å². The number of aliphatic hydroxyl groups is 1. The Morgan fingerprint density at radius 1 is 1.18 bits per heavy atom. The van der Waals surface area contributed by atoms with Crippen LogP contribution in [0.4, 0.5) is 5.69 Å². The van der Waals surface area contributed by atoms with Crippen LogP contribution in [0.1, 0.15) is 85.5 Å². The van der Waals surface area contributed by atoms with E-state index in [-0.39, 0.29) is 30.8 Å². The molecule has 180 valence electrons. The van der Waals surface area contributed by atoms with Crippen LogP contribution >= 0.6 is 11.3 Å². The third-order valence-electron chi connectivity index (χ3n) is 5.67. The monoisotopic (exact) mass is 473 g/mol. The lowest BCUT2D eigenvalue weighted by Crippen LogP contribution is -2.33. The summed E-state index contributed by atoms with van der Waals surface area (Å²) in [6.07, 6.45) is 5.44. The van der Waals surface area contributed by atoms with Crippen LogP contribution in [0, 0.1) is 0 Å². The maximum Gasteiger partial charge on any atom is 0.348 e. The topological polar surface area (TPSA) is 76.1 Å². The van der Waals surface area contributed by atoms with Crippen LogP contribution in [0.5, 0.6) is 0 Å².